The molecule has 204 valence electrons. The van der Waals surface area contributed by atoms with Gasteiger partial charge in [-0.2, -0.15) is 0 Å². The summed E-state index contributed by atoms with van der Waals surface area (Å²) >= 11 is 6.12. The van der Waals surface area contributed by atoms with Crippen molar-refractivity contribution in [3.8, 4) is 0 Å². The summed E-state index contributed by atoms with van der Waals surface area (Å²) in [6, 6.07) is 9.81. The summed E-state index contributed by atoms with van der Waals surface area (Å²) in [6.45, 7) is 6.18. The number of carbonyl (C=O) groups is 5. The number of aryl methyl sites for hydroxylation is 1. The molecule has 0 fully saturated rings. The van der Waals surface area contributed by atoms with E-state index in [2.05, 4.69) is 21.3 Å². The van der Waals surface area contributed by atoms with Gasteiger partial charge in [0.25, 0.3) is 11.8 Å². The summed E-state index contributed by atoms with van der Waals surface area (Å²) < 4.78 is 9.90. The topological polar surface area (TPSA) is 152 Å². The highest BCUT2D eigenvalue weighted by Crippen LogP contribution is 2.19. The maximum atomic E-state index is 12.7. The number of esters is 1. The van der Waals surface area contributed by atoms with Crippen LogP contribution in [0.5, 0.6) is 0 Å². The van der Waals surface area contributed by atoms with Crippen LogP contribution in [0, 0.1) is 6.92 Å². The molecule has 0 aliphatic rings. The Morgan fingerprint density at radius 3 is 2.29 bits per heavy atom. The van der Waals surface area contributed by atoms with Crippen molar-refractivity contribution in [1.82, 2.24) is 16.0 Å². The Morgan fingerprint density at radius 1 is 0.974 bits per heavy atom. The first-order valence-electron chi connectivity index (χ1n) is 11.6. The summed E-state index contributed by atoms with van der Waals surface area (Å²) in [5, 5.41) is 10.2. The lowest BCUT2D eigenvalue weighted by atomic mass is 10.1. The summed E-state index contributed by atoms with van der Waals surface area (Å²) in [6.07, 6.45) is -0.675. The molecule has 1 unspecified atom stereocenters. The van der Waals surface area contributed by atoms with Crippen molar-refractivity contribution in [2.24, 2.45) is 0 Å². The summed E-state index contributed by atoms with van der Waals surface area (Å²) in [4.78, 5) is 61.6. The zero-order valence-electron chi connectivity index (χ0n) is 21.8. The molecule has 0 saturated carbocycles. The smallest absolute Gasteiger partial charge is 0.412 e. The summed E-state index contributed by atoms with van der Waals surface area (Å²) in [5.74, 6) is -2.56. The first-order valence-corrected chi connectivity index (χ1v) is 12.0. The highest BCUT2D eigenvalue weighted by Gasteiger charge is 2.25. The molecule has 2 rings (SSSR count). The second-order valence-corrected chi connectivity index (χ2v) is 9.58. The van der Waals surface area contributed by atoms with Gasteiger partial charge in [0.1, 0.15) is 11.6 Å². The molecule has 2 aromatic rings. The molecule has 0 radical (unpaired) electrons. The minimum atomic E-state index is -1.20. The average Bonchev–Trinajstić information content (AvgIpc) is 2.83. The summed E-state index contributed by atoms with van der Waals surface area (Å²) in [7, 11) is 1.15. The molecule has 1 atom stereocenters. The first kappa shape index (κ1) is 30.1. The zero-order valence-corrected chi connectivity index (χ0v) is 22.5. The van der Waals surface area contributed by atoms with E-state index in [-0.39, 0.29) is 22.7 Å². The fourth-order valence-corrected chi connectivity index (χ4v) is 3.49. The molecule has 0 spiro atoms. The number of anilines is 1. The van der Waals surface area contributed by atoms with Gasteiger partial charge in [0.05, 0.1) is 24.2 Å². The standard InChI is InChI=1S/C26H31ClN4O7/c1-15-8-6-11-18(27)21(15)23(34)31-19(24(35)37-5)13-28-20(32)14-29-22(33)16-9-7-10-17(12-16)30-25(36)38-26(2,3)4/h6-12,19H,13-14H2,1-5H3,(H,28,32)(H,29,33)(H,30,36)(H,31,34). The van der Waals surface area contributed by atoms with Gasteiger partial charge in [-0.25, -0.2) is 9.59 Å². The van der Waals surface area contributed by atoms with Crippen LogP contribution in [0.4, 0.5) is 10.5 Å². The monoisotopic (exact) mass is 546 g/mol. The Balaban J connectivity index is 1.92. The maximum Gasteiger partial charge on any atom is 0.412 e. The fraction of sp³-hybridized carbons (Fsp3) is 0.346. The number of methoxy groups -OCH3 is 1. The van der Waals surface area contributed by atoms with Crippen molar-refractivity contribution >= 4 is 47.1 Å². The minimum absolute atomic E-state index is 0.196. The van der Waals surface area contributed by atoms with Crippen molar-refractivity contribution in [2.45, 2.75) is 39.3 Å². The Kier molecular flexibility index (Phi) is 10.6. The second-order valence-electron chi connectivity index (χ2n) is 9.18. The van der Waals surface area contributed by atoms with E-state index in [0.29, 0.717) is 11.3 Å². The van der Waals surface area contributed by atoms with E-state index in [9.17, 15) is 24.0 Å². The van der Waals surface area contributed by atoms with Crippen LogP contribution in [0.2, 0.25) is 5.02 Å². The lowest BCUT2D eigenvalue weighted by molar-refractivity contribution is -0.142. The van der Waals surface area contributed by atoms with E-state index >= 15 is 0 Å². The number of nitrogens with one attached hydrogen (secondary N) is 4. The molecule has 4 amide bonds. The van der Waals surface area contributed by atoms with Crippen LogP contribution in [-0.4, -0.2) is 61.6 Å². The van der Waals surface area contributed by atoms with Crippen LogP contribution >= 0.6 is 11.6 Å². The van der Waals surface area contributed by atoms with Crippen molar-refractivity contribution in [3.05, 3.63) is 64.2 Å². The largest absolute Gasteiger partial charge is 0.467 e. The van der Waals surface area contributed by atoms with Gasteiger partial charge >= 0.3 is 12.1 Å². The number of carbonyl (C=O) groups excluding carboxylic acids is 5. The van der Waals surface area contributed by atoms with Crippen molar-refractivity contribution in [2.75, 3.05) is 25.5 Å². The van der Waals surface area contributed by atoms with E-state index in [4.69, 9.17) is 21.1 Å². The van der Waals surface area contributed by atoms with E-state index in [1.807, 2.05) is 0 Å². The van der Waals surface area contributed by atoms with Crippen LogP contribution in [0.1, 0.15) is 47.1 Å². The van der Waals surface area contributed by atoms with Crippen molar-refractivity contribution in [1.29, 1.82) is 0 Å². The molecule has 0 aromatic heterocycles. The molecule has 12 heteroatoms. The number of hydrogen-bond donors (Lipinski definition) is 4. The van der Waals surface area contributed by atoms with Crippen LogP contribution < -0.4 is 21.3 Å². The SMILES string of the molecule is COC(=O)C(CNC(=O)CNC(=O)c1cccc(NC(=O)OC(C)(C)C)c1)NC(=O)c1c(C)cccc1Cl. The Labute approximate surface area is 225 Å². The quantitative estimate of drug-likeness (QED) is 0.353. The van der Waals surface area contributed by atoms with Crippen LogP contribution in [0.3, 0.4) is 0 Å². The average molecular weight is 547 g/mol. The molecule has 11 nitrogen and oxygen atoms in total. The normalized spacial score (nSPS) is 11.5. The molecule has 0 bridgehead atoms. The highest BCUT2D eigenvalue weighted by molar-refractivity contribution is 6.34. The number of ether oxygens (including phenoxy) is 2. The van der Waals surface area contributed by atoms with Crippen LogP contribution in [0.25, 0.3) is 0 Å². The van der Waals surface area contributed by atoms with Gasteiger partial charge in [-0.05, 0) is 57.5 Å². The Hall–Kier alpha value is -4.12. The fourth-order valence-electron chi connectivity index (χ4n) is 3.19. The molecular formula is C26H31ClN4O7. The van der Waals surface area contributed by atoms with E-state index in [1.54, 1.807) is 58.0 Å². The lowest BCUT2D eigenvalue weighted by Gasteiger charge is -2.19. The van der Waals surface area contributed by atoms with Crippen molar-refractivity contribution in [3.63, 3.8) is 0 Å². The van der Waals surface area contributed by atoms with Gasteiger partial charge in [-0.1, -0.05) is 29.8 Å². The number of amides is 4. The molecule has 0 aliphatic heterocycles. The molecule has 2 aromatic carbocycles. The van der Waals surface area contributed by atoms with Gasteiger partial charge in [0, 0.05) is 17.8 Å². The molecule has 38 heavy (non-hydrogen) atoms. The zero-order chi connectivity index (χ0) is 28.5. The van der Waals surface area contributed by atoms with Gasteiger partial charge in [0.2, 0.25) is 5.91 Å². The highest BCUT2D eigenvalue weighted by atomic mass is 35.5. The van der Waals surface area contributed by atoms with E-state index in [1.165, 1.54) is 12.1 Å². The third-order valence-corrected chi connectivity index (χ3v) is 5.24. The van der Waals surface area contributed by atoms with Crippen molar-refractivity contribution < 1.29 is 33.4 Å². The van der Waals surface area contributed by atoms with Gasteiger partial charge in [-0.3, -0.25) is 19.7 Å². The van der Waals surface area contributed by atoms with E-state index in [0.717, 1.165) is 7.11 Å². The maximum absolute atomic E-state index is 12.7. The molecule has 4 N–H and O–H groups in total. The first-order chi connectivity index (χ1) is 17.8. The number of halogens is 1. The Bertz CT molecular complexity index is 1190. The number of rotatable bonds is 9. The van der Waals surface area contributed by atoms with Gasteiger partial charge in [-0.15, -0.1) is 0 Å². The predicted octanol–water partition coefficient (Wildman–Crippen LogP) is 2.81. The molecular weight excluding hydrogens is 516 g/mol. The second kappa shape index (κ2) is 13.4. The van der Waals surface area contributed by atoms with Gasteiger partial charge in [0.15, 0.2) is 0 Å². The van der Waals surface area contributed by atoms with E-state index < -0.39 is 48.0 Å². The minimum Gasteiger partial charge on any atom is -0.467 e. The lowest BCUT2D eigenvalue weighted by Crippen LogP contribution is -2.50. The third-order valence-electron chi connectivity index (χ3n) is 4.92. The van der Waals surface area contributed by atoms with Crippen LogP contribution in [-0.2, 0) is 19.1 Å². The van der Waals surface area contributed by atoms with Gasteiger partial charge < -0.3 is 25.4 Å². The third kappa shape index (κ3) is 9.40. The van der Waals surface area contributed by atoms with Crippen LogP contribution in [0.15, 0.2) is 42.5 Å². The molecule has 0 heterocycles. The number of hydrogen-bond acceptors (Lipinski definition) is 7. The molecule has 0 aliphatic carbocycles. The summed E-state index contributed by atoms with van der Waals surface area (Å²) in [5.41, 5.74) is 0.652. The Morgan fingerprint density at radius 2 is 1.66 bits per heavy atom. The molecule has 0 saturated heterocycles. The predicted molar refractivity (Wildman–Crippen MR) is 141 cm³/mol. The number of benzene rings is 2.